The van der Waals surface area contributed by atoms with Gasteiger partial charge in [-0.05, 0) is 25.0 Å². The van der Waals surface area contributed by atoms with Crippen molar-refractivity contribution in [3.05, 3.63) is 70.8 Å². The molecular formula is C16H21ClN2. The van der Waals surface area contributed by atoms with Crippen LogP contribution in [-0.4, -0.2) is 0 Å². The molecule has 0 aliphatic rings. The zero-order valence-corrected chi connectivity index (χ0v) is 12.2. The number of aryl methyl sites for hydroxylation is 2. The molecule has 2 atom stereocenters. The standard InChI is InChI=1S/C16H20N2.ClH/c1-11-3-7-13(8-4-11)15(17)16(18)14-9-5-12(2)6-10-14;/h3-10,15-16H,17-18H2,1-2H3;1H/t15-,16-;/m1./s1. The van der Waals surface area contributed by atoms with Gasteiger partial charge in [-0.15, -0.1) is 12.4 Å². The summed E-state index contributed by atoms with van der Waals surface area (Å²) in [5, 5.41) is 0. The van der Waals surface area contributed by atoms with E-state index < -0.39 is 0 Å². The maximum absolute atomic E-state index is 6.23. The molecule has 0 bridgehead atoms. The van der Waals surface area contributed by atoms with Crippen molar-refractivity contribution in [2.75, 3.05) is 0 Å². The van der Waals surface area contributed by atoms with E-state index in [1.165, 1.54) is 11.1 Å². The highest BCUT2D eigenvalue weighted by atomic mass is 35.5. The molecule has 0 radical (unpaired) electrons. The second-order valence-corrected chi connectivity index (χ2v) is 4.87. The zero-order valence-electron chi connectivity index (χ0n) is 11.3. The monoisotopic (exact) mass is 276 g/mol. The first-order chi connectivity index (χ1) is 8.58. The maximum atomic E-state index is 6.23. The summed E-state index contributed by atoms with van der Waals surface area (Å²) in [7, 11) is 0. The van der Waals surface area contributed by atoms with Crippen molar-refractivity contribution in [2.45, 2.75) is 25.9 Å². The van der Waals surface area contributed by atoms with Gasteiger partial charge in [0.15, 0.2) is 0 Å². The first-order valence-corrected chi connectivity index (χ1v) is 6.22. The fourth-order valence-corrected chi connectivity index (χ4v) is 1.99. The first kappa shape index (κ1) is 15.7. The molecule has 0 amide bonds. The third-order valence-electron chi connectivity index (χ3n) is 3.31. The third kappa shape index (κ3) is 3.80. The van der Waals surface area contributed by atoms with Crippen LogP contribution in [0.3, 0.4) is 0 Å². The van der Waals surface area contributed by atoms with Gasteiger partial charge in [0.1, 0.15) is 0 Å². The van der Waals surface area contributed by atoms with Crippen LogP contribution in [0.5, 0.6) is 0 Å². The fourth-order valence-electron chi connectivity index (χ4n) is 1.99. The Balaban J connectivity index is 0.00000180. The molecule has 3 heteroatoms. The van der Waals surface area contributed by atoms with Gasteiger partial charge >= 0.3 is 0 Å². The lowest BCUT2D eigenvalue weighted by Crippen LogP contribution is -2.26. The predicted octanol–water partition coefficient (Wildman–Crippen LogP) is 3.43. The molecule has 0 heterocycles. The number of nitrogens with two attached hydrogens (primary N) is 2. The summed E-state index contributed by atoms with van der Waals surface area (Å²) in [5.74, 6) is 0. The minimum Gasteiger partial charge on any atom is -0.322 e. The van der Waals surface area contributed by atoms with Crippen molar-refractivity contribution in [3.8, 4) is 0 Å². The molecule has 2 nitrogen and oxygen atoms in total. The van der Waals surface area contributed by atoms with E-state index in [9.17, 15) is 0 Å². The second-order valence-electron chi connectivity index (χ2n) is 4.87. The predicted molar refractivity (Wildman–Crippen MR) is 83.5 cm³/mol. The summed E-state index contributed by atoms with van der Waals surface area (Å²) in [6.07, 6.45) is 0. The lowest BCUT2D eigenvalue weighted by atomic mass is 9.94. The smallest absolute Gasteiger partial charge is 0.0491 e. The third-order valence-corrected chi connectivity index (χ3v) is 3.31. The average molecular weight is 277 g/mol. The molecule has 0 fully saturated rings. The highest BCUT2D eigenvalue weighted by Crippen LogP contribution is 2.24. The average Bonchev–Trinajstić information content (AvgIpc) is 2.39. The number of hydrogen-bond acceptors (Lipinski definition) is 2. The van der Waals surface area contributed by atoms with Crippen molar-refractivity contribution in [1.29, 1.82) is 0 Å². The van der Waals surface area contributed by atoms with Gasteiger partial charge in [-0.3, -0.25) is 0 Å². The van der Waals surface area contributed by atoms with Crippen LogP contribution < -0.4 is 11.5 Å². The molecule has 0 aromatic heterocycles. The Morgan fingerprint density at radius 3 is 1.16 bits per heavy atom. The number of halogens is 1. The normalized spacial score (nSPS) is 13.5. The van der Waals surface area contributed by atoms with E-state index in [1.807, 2.05) is 24.3 Å². The van der Waals surface area contributed by atoms with Crippen molar-refractivity contribution in [1.82, 2.24) is 0 Å². The van der Waals surface area contributed by atoms with Gasteiger partial charge in [-0.1, -0.05) is 59.7 Å². The van der Waals surface area contributed by atoms with Crippen molar-refractivity contribution >= 4 is 12.4 Å². The Bertz CT molecular complexity index is 456. The van der Waals surface area contributed by atoms with E-state index in [0.717, 1.165) is 11.1 Å². The summed E-state index contributed by atoms with van der Waals surface area (Å²) in [5.41, 5.74) is 17.1. The van der Waals surface area contributed by atoms with Gasteiger partial charge in [-0.2, -0.15) is 0 Å². The van der Waals surface area contributed by atoms with Crippen LogP contribution in [-0.2, 0) is 0 Å². The van der Waals surface area contributed by atoms with E-state index >= 15 is 0 Å². The van der Waals surface area contributed by atoms with Crippen molar-refractivity contribution in [3.63, 3.8) is 0 Å². The molecule has 2 aromatic carbocycles. The van der Waals surface area contributed by atoms with Gasteiger partial charge in [0.05, 0.1) is 0 Å². The van der Waals surface area contributed by atoms with E-state index in [0.29, 0.717) is 0 Å². The summed E-state index contributed by atoms with van der Waals surface area (Å²) < 4.78 is 0. The van der Waals surface area contributed by atoms with E-state index in [2.05, 4.69) is 38.1 Å². The molecular weight excluding hydrogens is 256 g/mol. The van der Waals surface area contributed by atoms with Crippen LogP contribution in [0.2, 0.25) is 0 Å². The molecule has 0 saturated heterocycles. The minimum atomic E-state index is -0.173. The van der Waals surface area contributed by atoms with Crippen molar-refractivity contribution < 1.29 is 0 Å². The van der Waals surface area contributed by atoms with E-state index in [-0.39, 0.29) is 24.5 Å². The van der Waals surface area contributed by atoms with E-state index in [4.69, 9.17) is 11.5 Å². The summed E-state index contributed by atoms with van der Waals surface area (Å²) in [4.78, 5) is 0. The molecule has 0 saturated carbocycles. The molecule has 0 aliphatic carbocycles. The van der Waals surface area contributed by atoms with Gasteiger partial charge in [-0.25, -0.2) is 0 Å². The molecule has 19 heavy (non-hydrogen) atoms. The molecule has 2 rings (SSSR count). The molecule has 2 aromatic rings. The summed E-state index contributed by atoms with van der Waals surface area (Å²) >= 11 is 0. The van der Waals surface area contributed by atoms with Crippen LogP contribution in [0.15, 0.2) is 48.5 Å². The Hall–Kier alpha value is -1.35. The highest BCUT2D eigenvalue weighted by Gasteiger charge is 2.16. The Kier molecular flexibility index (Phi) is 5.55. The second kappa shape index (κ2) is 6.71. The van der Waals surface area contributed by atoms with Gasteiger partial charge in [0, 0.05) is 12.1 Å². The quantitative estimate of drug-likeness (QED) is 0.902. The van der Waals surface area contributed by atoms with Crippen LogP contribution in [0, 0.1) is 13.8 Å². The van der Waals surface area contributed by atoms with Crippen LogP contribution in [0.4, 0.5) is 0 Å². The zero-order chi connectivity index (χ0) is 13.1. The first-order valence-electron chi connectivity index (χ1n) is 6.22. The van der Waals surface area contributed by atoms with Crippen LogP contribution in [0.1, 0.15) is 34.3 Å². The van der Waals surface area contributed by atoms with Crippen LogP contribution >= 0.6 is 12.4 Å². The number of hydrogen-bond donors (Lipinski definition) is 2. The number of rotatable bonds is 3. The van der Waals surface area contributed by atoms with Gasteiger partial charge in [0.25, 0.3) is 0 Å². The lowest BCUT2D eigenvalue weighted by molar-refractivity contribution is 0.574. The fraction of sp³-hybridized carbons (Fsp3) is 0.250. The summed E-state index contributed by atoms with van der Waals surface area (Å²) in [6.45, 7) is 4.13. The minimum absolute atomic E-state index is 0. The van der Waals surface area contributed by atoms with E-state index in [1.54, 1.807) is 0 Å². The maximum Gasteiger partial charge on any atom is 0.0491 e. The molecule has 0 aliphatic heterocycles. The lowest BCUT2D eigenvalue weighted by Gasteiger charge is -2.21. The molecule has 0 spiro atoms. The van der Waals surface area contributed by atoms with Crippen LogP contribution in [0.25, 0.3) is 0 Å². The Morgan fingerprint density at radius 2 is 0.895 bits per heavy atom. The topological polar surface area (TPSA) is 52.0 Å². The Labute approximate surface area is 121 Å². The summed E-state index contributed by atoms with van der Waals surface area (Å²) in [6, 6.07) is 16.1. The molecule has 0 unspecified atom stereocenters. The number of benzene rings is 2. The van der Waals surface area contributed by atoms with Gasteiger partial charge in [0.2, 0.25) is 0 Å². The van der Waals surface area contributed by atoms with Gasteiger partial charge < -0.3 is 11.5 Å². The largest absolute Gasteiger partial charge is 0.322 e. The molecule has 102 valence electrons. The molecule has 4 N–H and O–H groups in total. The highest BCUT2D eigenvalue weighted by molar-refractivity contribution is 5.85. The van der Waals surface area contributed by atoms with Crippen molar-refractivity contribution in [2.24, 2.45) is 11.5 Å². The SMILES string of the molecule is Cc1ccc([C@@H](N)[C@H](N)c2ccc(C)cc2)cc1.Cl. The Morgan fingerprint density at radius 1 is 0.632 bits per heavy atom.